The van der Waals surface area contributed by atoms with Crippen LogP contribution < -0.4 is 0 Å². The van der Waals surface area contributed by atoms with Crippen LogP contribution in [-0.2, 0) is 4.79 Å². The second-order valence-electron chi connectivity index (χ2n) is 4.55. The Hall–Kier alpha value is -1.01. The lowest BCUT2D eigenvalue weighted by Crippen LogP contribution is -2.37. The summed E-state index contributed by atoms with van der Waals surface area (Å²) in [5.41, 5.74) is 0. The van der Waals surface area contributed by atoms with Crippen molar-refractivity contribution < 1.29 is 9.90 Å². The molecular formula is C14H25NO2. The van der Waals surface area contributed by atoms with Gasteiger partial charge in [0.25, 0.3) is 0 Å². The minimum Gasteiger partial charge on any atom is -0.480 e. The number of hydrogen-bond acceptors (Lipinski definition) is 2. The summed E-state index contributed by atoms with van der Waals surface area (Å²) in [7, 11) is 0. The Morgan fingerprint density at radius 2 is 2.00 bits per heavy atom. The van der Waals surface area contributed by atoms with E-state index in [0.29, 0.717) is 6.54 Å². The highest BCUT2D eigenvalue weighted by atomic mass is 16.4. The zero-order chi connectivity index (χ0) is 13.1. The fourth-order valence-corrected chi connectivity index (χ4v) is 1.88. The maximum absolute atomic E-state index is 10.7. The van der Waals surface area contributed by atoms with E-state index >= 15 is 0 Å². The maximum atomic E-state index is 10.7. The fraction of sp³-hybridized carbons (Fsp3) is 0.786. The first-order chi connectivity index (χ1) is 8.11. The summed E-state index contributed by atoms with van der Waals surface area (Å²) >= 11 is 0. The largest absolute Gasteiger partial charge is 0.480 e. The van der Waals surface area contributed by atoms with Gasteiger partial charge in [0.05, 0.1) is 13.1 Å². The van der Waals surface area contributed by atoms with Gasteiger partial charge in [0, 0.05) is 6.04 Å². The Kier molecular flexibility index (Phi) is 9.56. The molecule has 0 aromatic rings. The molecule has 17 heavy (non-hydrogen) atoms. The first-order valence-corrected chi connectivity index (χ1v) is 6.51. The van der Waals surface area contributed by atoms with E-state index in [4.69, 9.17) is 11.5 Å². The van der Waals surface area contributed by atoms with Crippen LogP contribution in [0.15, 0.2) is 0 Å². The van der Waals surface area contributed by atoms with E-state index in [-0.39, 0.29) is 12.6 Å². The minimum atomic E-state index is -0.807. The smallest absolute Gasteiger partial charge is 0.317 e. The van der Waals surface area contributed by atoms with Crippen molar-refractivity contribution >= 4 is 5.97 Å². The van der Waals surface area contributed by atoms with E-state index < -0.39 is 5.97 Å². The summed E-state index contributed by atoms with van der Waals surface area (Å²) in [4.78, 5) is 12.5. The molecule has 0 bridgehead atoms. The van der Waals surface area contributed by atoms with Crippen molar-refractivity contribution in [3.05, 3.63) is 0 Å². The summed E-state index contributed by atoms with van der Waals surface area (Å²) in [6.45, 7) is 4.72. The average molecular weight is 239 g/mol. The summed E-state index contributed by atoms with van der Waals surface area (Å²) in [5.74, 6) is 1.72. The zero-order valence-electron chi connectivity index (χ0n) is 11.1. The topological polar surface area (TPSA) is 40.5 Å². The molecule has 0 aliphatic rings. The van der Waals surface area contributed by atoms with Gasteiger partial charge in [-0.15, -0.1) is 6.42 Å². The molecule has 1 N–H and O–H groups in total. The van der Waals surface area contributed by atoms with Crippen LogP contribution in [0.1, 0.15) is 52.4 Å². The highest BCUT2D eigenvalue weighted by Gasteiger charge is 2.15. The van der Waals surface area contributed by atoms with Crippen LogP contribution in [0, 0.1) is 12.3 Å². The summed E-state index contributed by atoms with van der Waals surface area (Å²) in [6, 6.07) is 0.253. The molecule has 1 unspecified atom stereocenters. The maximum Gasteiger partial charge on any atom is 0.317 e. The summed E-state index contributed by atoms with van der Waals surface area (Å²) in [5, 5.41) is 8.79. The van der Waals surface area contributed by atoms with E-state index in [2.05, 4.69) is 19.8 Å². The number of nitrogens with zero attached hydrogens (tertiary/aromatic N) is 1. The van der Waals surface area contributed by atoms with Crippen molar-refractivity contribution in [3.8, 4) is 12.3 Å². The van der Waals surface area contributed by atoms with Gasteiger partial charge in [-0.3, -0.25) is 9.69 Å². The number of unbranched alkanes of at least 4 members (excludes halogenated alkanes) is 4. The van der Waals surface area contributed by atoms with Gasteiger partial charge in [-0.2, -0.15) is 0 Å². The Labute approximate surface area is 105 Å². The lowest BCUT2D eigenvalue weighted by molar-refractivity contribution is -0.138. The quantitative estimate of drug-likeness (QED) is 0.471. The standard InChI is InChI=1S/C14H25NO2/c1-4-6-7-8-9-10-13(3)15(11-5-2)12-14(16)17/h2,13H,4,6-12H2,1,3H3,(H,16,17). The minimum absolute atomic E-state index is 0.0420. The van der Waals surface area contributed by atoms with E-state index in [1.165, 1.54) is 25.7 Å². The van der Waals surface area contributed by atoms with Crippen molar-refractivity contribution in [1.82, 2.24) is 4.90 Å². The molecule has 0 heterocycles. The number of rotatable bonds is 10. The molecule has 0 saturated carbocycles. The van der Waals surface area contributed by atoms with Crippen LogP contribution in [0.5, 0.6) is 0 Å². The number of aliphatic carboxylic acids is 1. The molecule has 0 rings (SSSR count). The number of terminal acetylenes is 1. The first kappa shape index (κ1) is 16.0. The molecule has 0 saturated heterocycles. The van der Waals surface area contributed by atoms with Crippen molar-refractivity contribution in [3.63, 3.8) is 0 Å². The van der Waals surface area contributed by atoms with E-state index in [1.54, 1.807) is 0 Å². The Morgan fingerprint density at radius 1 is 1.35 bits per heavy atom. The summed E-state index contributed by atoms with van der Waals surface area (Å²) < 4.78 is 0. The van der Waals surface area contributed by atoms with Gasteiger partial charge in [0.15, 0.2) is 0 Å². The third kappa shape index (κ3) is 8.76. The molecule has 3 nitrogen and oxygen atoms in total. The zero-order valence-corrected chi connectivity index (χ0v) is 11.1. The molecule has 0 aliphatic heterocycles. The molecule has 98 valence electrons. The molecule has 0 aromatic heterocycles. The van der Waals surface area contributed by atoms with E-state index in [0.717, 1.165) is 12.8 Å². The highest BCUT2D eigenvalue weighted by Crippen LogP contribution is 2.11. The predicted molar refractivity (Wildman–Crippen MR) is 70.9 cm³/mol. The summed E-state index contributed by atoms with van der Waals surface area (Å²) in [6.07, 6.45) is 12.5. The molecule has 1 atom stereocenters. The second kappa shape index (κ2) is 10.2. The Bertz CT molecular complexity index is 245. The van der Waals surface area contributed by atoms with Crippen molar-refractivity contribution in [2.45, 2.75) is 58.4 Å². The van der Waals surface area contributed by atoms with Crippen LogP contribution in [0.25, 0.3) is 0 Å². The third-order valence-corrected chi connectivity index (χ3v) is 2.98. The molecule has 0 radical (unpaired) electrons. The fourth-order valence-electron chi connectivity index (χ4n) is 1.88. The second-order valence-corrected chi connectivity index (χ2v) is 4.55. The van der Waals surface area contributed by atoms with Gasteiger partial charge >= 0.3 is 5.97 Å². The van der Waals surface area contributed by atoms with Crippen molar-refractivity contribution in [1.29, 1.82) is 0 Å². The molecule has 0 aliphatic carbocycles. The normalized spacial score (nSPS) is 12.4. The molecule has 0 amide bonds. The molecular weight excluding hydrogens is 214 g/mol. The monoisotopic (exact) mass is 239 g/mol. The molecule has 0 fully saturated rings. The van der Waals surface area contributed by atoms with Crippen LogP contribution in [0.2, 0.25) is 0 Å². The number of carboxylic acids is 1. The van der Waals surface area contributed by atoms with Crippen LogP contribution in [-0.4, -0.2) is 35.1 Å². The molecule has 3 heteroatoms. The first-order valence-electron chi connectivity index (χ1n) is 6.51. The van der Waals surface area contributed by atoms with Crippen LogP contribution in [0.3, 0.4) is 0 Å². The van der Waals surface area contributed by atoms with Gasteiger partial charge in [-0.25, -0.2) is 0 Å². The highest BCUT2D eigenvalue weighted by molar-refractivity contribution is 5.69. The lowest BCUT2D eigenvalue weighted by atomic mass is 10.1. The van der Waals surface area contributed by atoms with Gasteiger partial charge in [-0.05, 0) is 13.3 Å². The van der Waals surface area contributed by atoms with Crippen molar-refractivity contribution in [2.24, 2.45) is 0 Å². The Balaban J connectivity index is 3.85. The van der Waals surface area contributed by atoms with E-state index in [1.807, 2.05) is 4.90 Å². The van der Waals surface area contributed by atoms with Gasteiger partial charge in [0.2, 0.25) is 0 Å². The lowest BCUT2D eigenvalue weighted by Gasteiger charge is -2.25. The average Bonchev–Trinajstić information content (AvgIpc) is 2.27. The van der Waals surface area contributed by atoms with Crippen molar-refractivity contribution in [2.75, 3.05) is 13.1 Å². The third-order valence-electron chi connectivity index (χ3n) is 2.98. The molecule has 0 spiro atoms. The molecule has 0 aromatic carbocycles. The van der Waals surface area contributed by atoms with E-state index in [9.17, 15) is 4.79 Å². The van der Waals surface area contributed by atoms with Gasteiger partial charge in [0.1, 0.15) is 0 Å². The van der Waals surface area contributed by atoms with Gasteiger partial charge < -0.3 is 5.11 Å². The predicted octanol–water partition coefficient (Wildman–Crippen LogP) is 2.76. The number of carbonyl (C=O) groups is 1. The number of hydrogen-bond donors (Lipinski definition) is 1. The SMILES string of the molecule is C#CCN(CC(=O)O)C(C)CCCCCCC. The Morgan fingerprint density at radius 3 is 2.53 bits per heavy atom. The van der Waals surface area contributed by atoms with Gasteiger partial charge in [-0.1, -0.05) is 44.9 Å². The number of carboxylic acid groups (broad SMARTS) is 1. The van der Waals surface area contributed by atoms with Crippen LogP contribution in [0.4, 0.5) is 0 Å². The van der Waals surface area contributed by atoms with Crippen LogP contribution >= 0.6 is 0 Å².